The molecular formula is C8H12ClF3. The molecule has 1 aliphatic rings. The molecular weight excluding hydrogens is 189 g/mol. The van der Waals surface area contributed by atoms with Crippen molar-refractivity contribution >= 4 is 11.6 Å². The van der Waals surface area contributed by atoms with Crippen LogP contribution in [0.4, 0.5) is 13.2 Å². The van der Waals surface area contributed by atoms with E-state index in [1.807, 2.05) is 0 Å². The Kier molecular flexibility index (Phi) is 2.92. The monoisotopic (exact) mass is 200 g/mol. The number of halogens is 4. The number of alkyl halides is 4. The molecule has 1 saturated carbocycles. The highest BCUT2D eigenvalue weighted by atomic mass is 35.5. The van der Waals surface area contributed by atoms with Crippen molar-refractivity contribution in [3.8, 4) is 0 Å². The topological polar surface area (TPSA) is 0 Å². The molecule has 0 aromatic rings. The van der Waals surface area contributed by atoms with E-state index in [2.05, 4.69) is 0 Å². The Morgan fingerprint density at radius 1 is 1.25 bits per heavy atom. The van der Waals surface area contributed by atoms with Gasteiger partial charge in [-0.1, -0.05) is 0 Å². The fraction of sp³-hybridized carbons (Fsp3) is 1.00. The lowest BCUT2D eigenvalue weighted by Gasteiger charge is -2.11. The van der Waals surface area contributed by atoms with Crippen LogP contribution in [0.3, 0.4) is 0 Å². The standard InChI is InChI=1S/C8H12ClF3/c9-6-7(4-5-7)2-1-3-8(10,11)12/h1-6H2. The summed E-state index contributed by atoms with van der Waals surface area (Å²) in [6.07, 6.45) is -1.77. The molecule has 0 N–H and O–H groups in total. The molecule has 72 valence electrons. The predicted octanol–water partition coefficient (Wildman–Crippen LogP) is 3.74. The molecule has 0 radical (unpaired) electrons. The van der Waals surface area contributed by atoms with Crippen molar-refractivity contribution in [3.05, 3.63) is 0 Å². The summed E-state index contributed by atoms with van der Waals surface area (Å²) in [6.45, 7) is 0. The summed E-state index contributed by atoms with van der Waals surface area (Å²) >= 11 is 5.62. The molecule has 0 spiro atoms. The van der Waals surface area contributed by atoms with E-state index >= 15 is 0 Å². The molecule has 0 saturated heterocycles. The first kappa shape index (κ1) is 10.2. The second-order valence-electron chi connectivity index (χ2n) is 3.60. The van der Waals surface area contributed by atoms with Crippen molar-refractivity contribution in [2.75, 3.05) is 5.88 Å². The Balaban J connectivity index is 2.10. The molecule has 1 aliphatic carbocycles. The zero-order chi connectivity index (χ0) is 9.24. The van der Waals surface area contributed by atoms with Gasteiger partial charge in [0.1, 0.15) is 0 Å². The third kappa shape index (κ3) is 3.21. The van der Waals surface area contributed by atoms with Crippen LogP contribution in [0.15, 0.2) is 0 Å². The van der Waals surface area contributed by atoms with Gasteiger partial charge in [0, 0.05) is 12.3 Å². The van der Waals surface area contributed by atoms with Gasteiger partial charge in [-0.3, -0.25) is 0 Å². The van der Waals surface area contributed by atoms with Crippen molar-refractivity contribution < 1.29 is 13.2 Å². The van der Waals surface area contributed by atoms with Crippen LogP contribution in [0.2, 0.25) is 0 Å². The van der Waals surface area contributed by atoms with Crippen LogP contribution in [-0.2, 0) is 0 Å². The molecule has 0 aromatic carbocycles. The smallest absolute Gasteiger partial charge is 0.171 e. The van der Waals surface area contributed by atoms with Crippen molar-refractivity contribution in [2.24, 2.45) is 5.41 Å². The molecule has 0 aliphatic heterocycles. The summed E-state index contributed by atoms with van der Waals surface area (Å²) in [5, 5.41) is 0. The molecule has 1 fully saturated rings. The lowest BCUT2D eigenvalue weighted by molar-refractivity contribution is -0.136. The first-order valence-corrected chi connectivity index (χ1v) is 4.64. The molecule has 0 nitrogen and oxygen atoms in total. The van der Waals surface area contributed by atoms with Gasteiger partial charge in [-0.05, 0) is 31.1 Å². The number of hydrogen-bond donors (Lipinski definition) is 0. The quantitative estimate of drug-likeness (QED) is 0.607. The second kappa shape index (κ2) is 3.44. The minimum Gasteiger partial charge on any atom is -0.171 e. The van der Waals surface area contributed by atoms with Crippen LogP contribution in [0.5, 0.6) is 0 Å². The molecule has 0 heterocycles. The maximum atomic E-state index is 11.7. The zero-order valence-corrected chi connectivity index (χ0v) is 7.51. The Morgan fingerprint density at radius 3 is 2.17 bits per heavy atom. The van der Waals surface area contributed by atoms with E-state index in [1.54, 1.807) is 0 Å². The van der Waals surface area contributed by atoms with Crippen LogP contribution < -0.4 is 0 Å². The van der Waals surface area contributed by atoms with Crippen LogP contribution >= 0.6 is 11.6 Å². The Labute approximate surface area is 75.1 Å². The summed E-state index contributed by atoms with van der Waals surface area (Å²) in [7, 11) is 0. The highest BCUT2D eigenvalue weighted by Gasteiger charge is 2.41. The summed E-state index contributed by atoms with van der Waals surface area (Å²) in [5.74, 6) is 0.519. The zero-order valence-electron chi connectivity index (χ0n) is 6.75. The van der Waals surface area contributed by atoms with Crippen molar-refractivity contribution in [1.82, 2.24) is 0 Å². The summed E-state index contributed by atoms with van der Waals surface area (Å²) in [6, 6.07) is 0. The SMILES string of the molecule is FC(F)(F)CCCC1(CCl)CC1. The highest BCUT2D eigenvalue weighted by molar-refractivity contribution is 6.18. The van der Waals surface area contributed by atoms with Gasteiger partial charge in [0.05, 0.1) is 0 Å². The van der Waals surface area contributed by atoms with Crippen LogP contribution in [0.25, 0.3) is 0 Å². The molecule has 0 unspecified atom stereocenters. The summed E-state index contributed by atoms with van der Waals surface area (Å²) in [5.41, 5.74) is 0.0762. The van der Waals surface area contributed by atoms with Gasteiger partial charge in [0.15, 0.2) is 0 Å². The summed E-state index contributed by atoms with van der Waals surface area (Å²) in [4.78, 5) is 0. The van der Waals surface area contributed by atoms with Crippen molar-refractivity contribution in [1.29, 1.82) is 0 Å². The lowest BCUT2D eigenvalue weighted by Crippen LogP contribution is -2.09. The van der Waals surface area contributed by atoms with Crippen molar-refractivity contribution in [3.63, 3.8) is 0 Å². The van der Waals surface area contributed by atoms with Crippen LogP contribution in [0, 0.1) is 5.41 Å². The summed E-state index contributed by atoms with van der Waals surface area (Å²) < 4.78 is 35.2. The average Bonchev–Trinajstić information content (AvgIpc) is 2.67. The average molecular weight is 201 g/mol. The molecule has 0 atom stereocenters. The van der Waals surface area contributed by atoms with Gasteiger partial charge < -0.3 is 0 Å². The number of rotatable bonds is 4. The first-order valence-electron chi connectivity index (χ1n) is 4.10. The van der Waals surface area contributed by atoms with E-state index < -0.39 is 12.6 Å². The molecule has 12 heavy (non-hydrogen) atoms. The Morgan fingerprint density at radius 2 is 1.83 bits per heavy atom. The van der Waals surface area contributed by atoms with E-state index in [4.69, 9.17) is 11.6 Å². The lowest BCUT2D eigenvalue weighted by atomic mass is 10.0. The minimum atomic E-state index is -4.00. The third-order valence-corrected chi connectivity index (χ3v) is 2.97. The van der Waals surface area contributed by atoms with Crippen LogP contribution in [-0.4, -0.2) is 12.1 Å². The van der Waals surface area contributed by atoms with Gasteiger partial charge in [-0.15, -0.1) is 11.6 Å². The molecule has 1 rings (SSSR count). The van der Waals surface area contributed by atoms with Crippen LogP contribution in [0.1, 0.15) is 32.1 Å². The maximum Gasteiger partial charge on any atom is 0.389 e. The molecule has 0 bridgehead atoms. The predicted molar refractivity (Wildman–Crippen MR) is 42.3 cm³/mol. The van der Waals surface area contributed by atoms with Crippen molar-refractivity contribution in [2.45, 2.75) is 38.3 Å². The van der Waals surface area contributed by atoms with Gasteiger partial charge in [-0.2, -0.15) is 13.2 Å². The van der Waals surface area contributed by atoms with E-state index in [-0.39, 0.29) is 11.8 Å². The largest absolute Gasteiger partial charge is 0.389 e. The second-order valence-corrected chi connectivity index (χ2v) is 3.87. The normalized spacial score (nSPS) is 21.0. The van der Waals surface area contributed by atoms with Gasteiger partial charge in [-0.25, -0.2) is 0 Å². The fourth-order valence-electron chi connectivity index (χ4n) is 1.29. The maximum absolute atomic E-state index is 11.7. The molecule has 0 aromatic heterocycles. The van der Waals surface area contributed by atoms with Gasteiger partial charge in [0.25, 0.3) is 0 Å². The van der Waals surface area contributed by atoms with Gasteiger partial charge >= 0.3 is 6.18 Å². The van der Waals surface area contributed by atoms with E-state index in [0.717, 1.165) is 12.8 Å². The fourth-order valence-corrected chi connectivity index (χ4v) is 1.69. The highest BCUT2D eigenvalue weighted by Crippen LogP contribution is 2.51. The van der Waals surface area contributed by atoms with E-state index in [1.165, 1.54) is 0 Å². The molecule has 0 amide bonds. The Hall–Kier alpha value is 0.0800. The first-order chi connectivity index (χ1) is 5.47. The van der Waals surface area contributed by atoms with E-state index in [0.29, 0.717) is 12.3 Å². The Bertz CT molecular complexity index is 149. The minimum absolute atomic E-state index is 0.0762. The molecule has 4 heteroatoms. The number of hydrogen-bond acceptors (Lipinski definition) is 0. The van der Waals surface area contributed by atoms with E-state index in [9.17, 15) is 13.2 Å². The van der Waals surface area contributed by atoms with Gasteiger partial charge in [0.2, 0.25) is 0 Å². The third-order valence-electron chi connectivity index (χ3n) is 2.41.